The molecule has 0 saturated carbocycles. The summed E-state index contributed by atoms with van der Waals surface area (Å²) in [5.74, 6) is -0.491. The average molecular weight is 374 g/mol. The van der Waals surface area contributed by atoms with Crippen LogP contribution < -0.4 is 0 Å². The molecular formula is C12H10N2O4Te. The molecule has 2 aliphatic heterocycles. The van der Waals surface area contributed by atoms with Crippen LogP contribution in [0.3, 0.4) is 0 Å². The van der Waals surface area contributed by atoms with Crippen LogP contribution in [0.15, 0.2) is 40.6 Å². The van der Waals surface area contributed by atoms with Gasteiger partial charge < -0.3 is 0 Å². The van der Waals surface area contributed by atoms with Gasteiger partial charge in [-0.05, 0) is 0 Å². The second kappa shape index (κ2) is 5.11. The van der Waals surface area contributed by atoms with Crippen molar-refractivity contribution in [2.24, 2.45) is 10.3 Å². The molecule has 1 aromatic rings. The van der Waals surface area contributed by atoms with E-state index in [1.165, 1.54) is 0 Å². The van der Waals surface area contributed by atoms with Crippen LogP contribution in [0.1, 0.15) is 12.5 Å². The molecule has 0 aromatic heterocycles. The SMILES string of the molecule is CCOC(=O)C1=NO[Te]2=C1C(c1ccccc1)=NO2. The van der Waals surface area contributed by atoms with Crippen LogP contribution in [-0.2, 0) is 15.9 Å². The Hall–Kier alpha value is -1.71. The van der Waals surface area contributed by atoms with E-state index >= 15 is 0 Å². The predicted molar refractivity (Wildman–Crippen MR) is 70.0 cm³/mol. The van der Waals surface area contributed by atoms with E-state index in [1.807, 2.05) is 30.3 Å². The van der Waals surface area contributed by atoms with Crippen molar-refractivity contribution in [1.29, 1.82) is 0 Å². The summed E-state index contributed by atoms with van der Waals surface area (Å²) in [4.78, 5) is 11.8. The second-order valence-corrected chi connectivity index (χ2v) is 7.04. The van der Waals surface area contributed by atoms with Gasteiger partial charge in [0.1, 0.15) is 0 Å². The summed E-state index contributed by atoms with van der Waals surface area (Å²) in [6.07, 6.45) is 0. The fourth-order valence-electron chi connectivity index (χ4n) is 1.69. The molecule has 0 N–H and O–H groups in total. The summed E-state index contributed by atoms with van der Waals surface area (Å²) in [5.41, 5.74) is 1.70. The molecular weight excluding hydrogens is 364 g/mol. The van der Waals surface area contributed by atoms with E-state index < -0.39 is 25.9 Å². The zero-order valence-electron chi connectivity index (χ0n) is 10.0. The number of benzene rings is 1. The van der Waals surface area contributed by atoms with E-state index in [1.54, 1.807) is 6.92 Å². The quantitative estimate of drug-likeness (QED) is 0.575. The standard InChI is InChI=1S/C12H10N2O4Te/c1-2-16-12(15)10-11-9(8-6-4-3-5-7-8)13-17-19(11)18-14-10/h3-7H,2H2,1H3. The zero-order valence-corrected chi connectivity index (χ0v) is 12.4. The van der Waals surface area contributed by atoms with Crippen LogP contribution >= 0.6 is 0 Å². The maximum absolute atomic E-state index is 11.8. The van der Waals surface area contributed by atoms with E-state index in [0.29, 0.717) is 15.9 Å². The Balaban J connectivity index is 1.95. The van der Waals surface area contributed by atoms with E-state index in [-0.39, 0.29) is 5.71 Å². The van der Waals surface area contributed by atoms with Gasteiger partial charge in [-0.3, -0.25) is 0 Å². The van der Waals surface area contributed by atoms with Crippen molar-refractivity contribution in [2.75, 3.05) is 6.61 Å². The van der Waals surface area contributed by atoms with Gasteiger partial charge in [-0.15, -0.1) is 0 Å². The van der Waals surface area contributed by atoms with E-state index in [0.717, 1.165) is 5.56 Å². The molecule has 19 heavy (non-hydrogen) atoms. The normalized spacial score (nSPS) is 17.2. The molecule has 6 nitrogen and oxygen atoms in total. The number of hydrogen-bond acceptors (Lipinski definition) is 6. The third-order valence-corrected chi connectivity index (χ3v) is 5.76. The van der Waals surface area contributed by atoms with Gasteiger partial charge in [0.15, 0.2) is 0 Å². The van der Waals surface area contributed by atoms with Crippen LogP contribution in [0.4, 0.5) is 0 Å². The molecule has 0 unspecified atom stereocenters. The topological polar surface area (TPSA) is 69.5 Å². The number of ether oxygens (including phenoxy) is 1. The number of rotatable bonds is 3. The first kappa shape index (κ1) is 12.3. The van der Waals surface area contributed by atoms with Crippen molar-refractivity contribution in [3.8, 4) is 0 Å². The molecule has 0 aliphatic carbocycles. The fourth-order valence-corrected chi connectivity index (χ4v) is 4.70. The van der Waals surface area contributed by atoms with Gasteiger partial charge in [-0.1, -0.05) is 0 Å². The monoisotopic (exact) mass is 376 g/mol. The minimum absolute atomic E-state index is 0.193. The summed E-state index contributed by atoms with van der Waals surface area (Å²) >= 11 is -2.53. The van der Waals surface area contributed by atoms with Gasteiger partial charge >= 0.3 is 117 Å². The molecule has 0 atom stereocenters. The number of carbonyl (C=O) groups is 1. The van der Waals surface area contributed by atoms with Crippen LogP contribution in [-0.4, -0.2) is 47.5 Å². The van der Waals surface area contributed by atoms with Crippen LogP contribution in [0, 0.1) is 0 Å². The number of carbonyl (C=O) groups excluding carboxylic acids is 1. The second-order valence-electron chi connectivity index (χ2n) is 3.68. The molecule has 0 spiro atoms. The Labute approximate surface area is 116 Å². The Bertz CT molecular complexity index is 622. The molecule has 1 aromatic carbocycles. The van der Waals surface area contributed by atoms with E-state index in [4.69, 9.17) is 11.1 Å². The first-order valence-electron chi connectivity index (χ1n) is 5.66. The number of hydrogen-bond donors (Lipinski definition) is 0. The Morgan fingerprint density at radius 1 is 1.26 bits per heavy atom. The average Bonchev–Trinajstić information content (AvgIpc) is 3.01. The van der Waals surface area contributed by atoms with Crippen molar-refractivity contribution in [2.45, 2.75) is 6.92 Å². The van der Waals surface area contributed by atoms with Gasteiger partial charge in [-0.25, -0.2) is 0 Å². The molecule has 3 rings (SSSR count). The molecule has 2 heterocycles. The zero-order chi connectivity index (χ0) is 13.2. The third kappa shape index (κ3) is 2.15. The number of nitrogens with zero attached hydrogens (tertiary/aromatic N) is 2. The predicted octanol–water partition coefficient (Wildman–Crippen LogP) is 0.612. The molecule has 98 valence electrons. The molecule has 0 fully saturated rings. The van der Waals surface area contributed by atoms with Gasteiger partial charge in [0, 0.05) is 0 Å². The molecule has 2 aliphatic rings. The van der Waals surface area contributed by atoms with E-state index in [9.17, 15) is 4.79 Å². The van der Waals surface area contributed by atoms with Gasteiger partial charge in [-0.2, -0.15) is 0 Å². The summed E-state index contributed by atoms with van der Waals surface area (Å²) in [6.45, 7) is 2.03. The van der Waals surface area contributed by atoms with Crippen LogP contribution in [0.25, 0.3) is 0 Å². The van der Waals surface area contributed by atoms with Gasteiger partial charge in [0.25, 0.3) is 0 Å². The summed E-state index contributed by atoms with van der Waals surface area (Å²) < 4.78 is 16.1. The van der Waals surface area contributed by atoms with Crippen LogP contribution in [0.2, 0.25) is 0 Å². The Morgan fingerprint density at radius 3 is 2.74 bits per heavy atom. The molecule has 7 heteroatoms. The first-order valence-corrected chi connectivity index (χ1v) is 8.73. The van der Waals surface area contributed by atoms with Crippen molar-refractivity contribution in [1.82, 2.24) is 0 Å². The molecule has 0 radical (unpaired) electrons. The molecule has 0 saturated heterocycles. The van der Waals surface area contributed by atoms with Gasteiger partial charge in [0.05, 0.1) is 0 Å². The van der Waals surface area contributed by atoms with Gasteiger partial charge in [0.2, 0.25) is 0 Å². The minimum atomic E-state index is -2.53. The summed E-state index contributed by atoms with van der Waals surface area (Å²) in [5, 5.41) is 7.81. The Morgan fingerprint density at radius 2 is 2.00 bits per heavy atom. The third-order valence-electron chi connectivity index (χ3n) is 2.51. The van der Waals surface area contributed by atoms with Crippen LogP contribution in [0.5, 0.6) is 0 Å². The fraction of sp³-hybridized carbons (Fsp3) is 0.167. The van der Waals surface area contributed by atoms with Crippen molar-refractivity contribution < 1.29 is 15.9 Å². The van der Waals surface area contributed by atoms with Crippen molar-refractivity contribution in [3.63, 3.8) is 0 Å². The van der Waals surface area contributed by atoms with E-state index in [2.05, 4.69) is 10.3 Å². The number of oxime groups is 2. The summed E-state index contributed by atoms with van der Waals surface area (Å²) in [6, 6.07) is 9.51. The van der Waals surface area contributed by atoms with Crippen molar-refractivity contribution >= 4 is 40.8 Å². The van der Waals surface area contributed by atoms with Crippen molar-refractivity contribution in [3.05, 3.63) is 35.9 Å². The first-order chi connectivity index (χ1) is 9.31. The maximum atomic E-state index is 11.8. The molecule has 0 bridgehead atoms. The molecule has 0 amide bonds. The Kier molecular flexibility index (Phi) is 3.32. The summed E-state index contributed by atoms with van der Waals surface area (Å²) in [7, 11) is 0. The number of esters is 1.